The van der Waals surface area contributed by atoms with Crippen molar-refractivity contribution in [3.05, 3.63) is 0 Å². The molecule has 2 atom stereocenters. The SMILES string of the molecule is CN1CC(C2CCOCC2F)C1. The summed E-state index contributed by atoms with van der Waals surface area (Å²) in [4.78, 5) is 2.24. The third-order valence-corrected chi connectivity index (χ3v) is 3.04. The van der Waals surface area contributed by atoms with Crippen molar-refractivity contribution in [3.8, 4) is 0 Å². The summed E-state index contributed by atoms with van der Waals surface area (Å²) in [6.45, 7) is 3.23. The highest BCUT2D eigenvalue weighted by molar-refractivity contribution is 4.88. The largest absolute Gasteiger partial charge is 0.378 e. The van der Waals surface area contributed by atoms with Crippen LogP contribution in [0.1, 0.15) is 6.42 Å². The Labute approximate surface area is 72.7 Å². The predicted octanol–water partition coefficient (Wildman–Crippen LogP) is 0.923. The van der Waals surface area contributed by atoms with Crippen LogP contribution in [-0.2, 0) is 4.74 Å². The molecule has 0 amide bonds. The fourth-order valence-electron chi connectivity index (χ4n) is 2.27. The van der Waals surface area contributed by atoms with Gasteiger partial charge in [-0.25, -0.2) is 4.39 Å². The van der Waals surface area contributed by atoms with E-state index in [-0.39, 0.29) is 5.92 Å². The normalized spacial score (nSPS) is 39.5. The molecule has 2 fully saturated rings. The minimum Gasteiger partial charge on any atom is -0.378 e. The van der Waals surface area contributed by atoms with Gasteiger partial charge in [-0.15, -0.1) is 0 Å². The molecule has 0 aromatic carbocycles. The lowest BCUT2D eigenvalue weighted by Gasteiger charge is -2.43. The molecule has 3 heteroatoms. The van der Waals surface area contributed by atoms with Crippen LogP contribution in [-0.4, -0.2) is 44.4 Å². The number of hydrogen-bond donors (Lipinski definition) is 0. The molecule has 12 heavy (non-hydrogen) atoms. The van der Waals surface area contributed by atoms with Gasteiger partial charge in [0, 0.05) is 19.7 Å². The summed E-state index contributed by atoms with van der Waals surface area (Å²) in [6.07, 6.45) is 0.206. The number of alkyl halides is 1. The van der Waals surface area contributed by atoms with Crippen LogP contribution in [0.5, 0.6) is 0 Å². The fraction of sp³-hybridized carbons (Fsp3) is 1.00. The summed E-state index contributed by atoms with van der Waals surface area (Å²) >= 11 is 0. The number of hydrogen-bond acceptors (Lipinski definition) is 2. The average Bonchev–Trinajstić information content (AvgIpc) is 2.01. The Morgan fingerprint density at radius 1 is 1.42 bits per heavy atom. The van der Waals surface area contributed by atoms with Crippen molar-refractivity contribution in [1.82, 2.24) is 4.90 Å². The van der Waals surface area contributed by atoms with Gasteiger partial charge in [0.05, 0.1) is 6.61 Å². The summed E-state index contributed by atoms with van der Waals surface area (Å²) in [7, 11) is 2.09. The fourth-order valence-corrected chi connectivity index (χ4v) is 2.27. The first-order chi connectivity index (χ1) is 5.77. The van der Waals surface area contributed by atoms with E-state index in [1.165, 1.54) is 0 Å². The van der Waals surface area contributed by atoms with E-state index in [4.69, 9.17) is 4.74 Å². The smallest absolute Gasteiger partial charge is 0.127 e. The summed E-state index contributed by atoms with van der Waals surface area (Å²) in [5, 5.41) is 0. The number of ether oxygens (including phenoxy) is 1. The monoisotopic (exact) mass is 173 g/mol. The standard InChI is InChI=1S/C9H16FNO/c1-11-4-7(5-11)8-2-3-12-6-9(8)10/h7-9H,2-6H2,1H3. The van der Waals surface area contributed by atoms with Gasteiger partial charge in [0.25, 0.3) is 0 Å². The van der Waals surface area contributed by atoms with Gasteiger partial charge >= 0.3 is 0 Å². The van der Waals surface area contributed by atoms with Crippen LogP contribution >= 0.6 is 0 Å². The molecule has 0 saturated carbocycles. The van der Waals surface area contributed by atoms with Crippen molar-refractivity contribution in [2.75, 3.05) is 33.4 Å². The lowest BCUT2D eigenvalue weighted by Crippen LogP contribution is -2.51. The highest BCUT2D eigenvalue weighted by Crippen LogP contribution is 2.31. The number of rotatable bonds is 1. The molecule has 0 N–H and O–H groups in total. The average molecular weight is 173 g/mol. The maximum Gasteiger partial charge on any atom is 0.127 e. The van der Waals surface area contributed by atoms with E-state index in [0.29, 0.717) is 12.5 Å². The molecule has 2 aliphatic rings. The van der Waals surface area contributed by atoms with Crippen LogP contribution in [0.3, 0.4) is 0 Å². The van der Waals surface area contributed by atoms with Gasteiger partial charge in [-0.1, -0.05) is 0 Å². The van der Waals surface area contributed by atoms with Crippen molar-refractivity contribution < 1.29 is 9.13 Å². The van der Waals surface area contributed by atoms with Crippen molar-refractivity contribution in [1.29, 1.82) is 0 Å². The Morgan fingerprint density at radius 2 is 2.17 bits per heavy atom. The number of likely N-dealkylation sites (tertiary alicyclic amines) is 1. The van der Waals surface area contributed by atoms with Crippen LogP contribution in [0.4, 0.5) is 4.39 Å². The highest BCUT2D eigenvalue weighted by Gasteiger charge is 2.37. The van der Waals surface area contributed by atoms with E-state index >= 15 is 0 Å². The van der Waals surface area contributed by atoms with Gasteiger partial charge < -0.3 is 9.64 Å². The first-order valence-corrected chi connectivity index (χ1v) is 4.67. The van der Waals surface area contributed by atoms with Crippen molar-refractivity contribution in [2.45, 2.75) is 12.6 Å². The van der Waals surface area contributed by atoms with Crippen molar-refractivity contribution in [2.24, 2.45) is 11.8 Å². The Kier molecular flexibility index (Phi) is 2.33. The summed E-state index contributed by atoms with van der Waals surface area (Å²) < 4.78 is 18.4. The lowest BCUT2D eigenvalue weighted by atomic mass is 9.80. The number of halogens is 1. The molecule has 2 heterocycles. The van der Waals surface area contributed by atoms with Crippen LogP contribution < -0.4 is 0 Å². The zero-order valence-electron chi connectivity index (χ0n) is 7.50. The highest BCUT2D eigenvalue weighted by atomic mass is 19.1. The van der Waals surface area contributed by atoms with Crippen molar-refractivity contribution in [3.63, 3.8) is 0 Å². The predicted molar refractivity (Wildman–Crippen MR) is 44.8 cm³/mol. The molecule has 2 unspecified atom stereocenters. The molecule has 0 aromatic rings. The van der Waals surface area contributed by atoms with Gasteiger partial charge in [-0.3, -0.25) is 0 Å². The minimum atomic E-state index is -0.711. The van der Waals surface area contributed by atoms with Crippen molar-refractivity contribution >= 4 is 0 Å². The van der Waals surface area contributed by atoms with Gasteiger partial charge in [-0.2, -0.15) is 0 Å². The summed E-state index contributed by atoms with van der Waals surface area (Å²) in [5.41, 5.74) is 0. The molecule has 0 aromatic heterocycles. The molecule has 2 nitrogen and oxygen atoms in total. The Balaban J connectivity index is 1.85. The summed E-state index contributed by atoms with van der Waals surface area (Å²) in [6, 6.07) is 0. The quantitative estimate of drug-likeness (QED) is 0.584. The molecule has 2 saturated heterocycles. The molecule has 0 spiro atoms. The Bertz CT molecular complexity index is 159. The minimum absolute atomic E-state index is 0.273. The first kappa shape index (κ1) is 8.45. The molecular formula is C9H16FNO. The zero-order chi connectivity index (χ0) is 8.55. The van der Waals surface area contributed by atoms with Gasteiger partial charge in [0.15, 0.2) is 0 Å². The molecule has 0 bridgehead atoms. The van der Waals surface area contributed by atoms with Gasteiger partial charge in [0.1, 0.15) is 6.17 Å². The topological polar surface area (TPSA) is 12.5 Å². The summed E-state index contributed by atoms with van der Waals surface area (Å²) in [5.74, 6) is 0.865. The third-order valence-electron chi connectivity index (χ3n) is 3.04. The van der Waals surface area contributed by atoms with Crippen LogP contribution in [0.2, 0.25) is 0 Å². The maximum atomic E-state index is 13.3. The second kappa shape index (κ2) is 3.30. The molecular weight excluding hydrogens is 157 g/mol. The first-order valence-electron chi connectivity index (χ1n) is 4.67. The molecule has 70 valence electrons. The third kappa shape index (κ3) is 1.48. The maximum absolute atomic E-state index is 13.3. The molecule has 2 aliphatic heterocycles. The van der Waals surface area contributed by atoms with Gasteiger partial charge in [0.2, 0.25) is 0 Å². The van der Waals surface area contributed by atoms with Crippen LogP contribution in [0.25, 0.3) is 0 Å². The molecule has 0 radical (unpaired) electrons. The number of nitrogens with zero attached hydrogens (tertiary/aromatic N) is 1. The molecule has 2 rings (SSSR count). The second-order valence-corrected chi connectivity index (χ2v) is 4.02. The van der Waals surface area contributed by atoms with E-state index in [9.17, 15) is 4.39 Å². The molecule has 0 aliphatic carbocycles. The van der Waals surface area contributed by atoms with Crippen LogP contribution in [0, 0.1) is 11.8 Å². The second-order valence-electron chi connectivity index (χ2n) is 4.02. The van der Waals surface area contributed by atoms with Gasteiger partial charge in [-0.05, 0) is 25.3 Å². The Hall–Kier alpha value is -0.150. The zero-order valence-corrected chi connectivity index (χ0v) is 7.50. The van der Waals surface area contributed by atoms with E-state index < -0.39 is 6.17 Å². The van der Waals surface area contributed by atoms with E-state index in [1.807, 2.05) is 0 Å². The Morgan fingerprint density at radius 3 is 2.75 bits per heavy atom. The van der Waals surface area contributed by atoms with E-state index in [1.54, 1.807) is 0 Å². The van der Waals surface area contributed by atoms with Crippen LogP contribution in [0.15, 0.2) is 0 Å². The van der Waals surface area contributed by atoms with E-state index in [0.717, 1.165) is 26.1 Å². The van der Waals surface area contributed by atoms with E-state index in [2.05, 4.69) is 11.9 Å². The lowest BCUT2D eigenvalue weighted by molar-refractivity contribution is -0.0521.